The van der Waals surface area contributed by atoms with Gasteiger partial charge in [-0.3, -0.25) is 14.3 Å². The SMILES string of the molecule is COc1ccc(C(CC(=O)O)NC(=O)CCc2ccnn2C)cc1OC. The van der Waals surface area contributed by atoms with Crippen molar-refractivity contribution in [2.24, 2.45) is 7.05 Å². The minimum Gasteiger partial charge on any atom is -0.493 e. The molecule has 0 bridgehead atoms. The predicted octanol–water partition coefficient (Wildman–Crippen LogP) is 1.70. The molecule has 0 aliphatic heterocycles. The molecule has 1 heterocycles. The Hall–Kier alpha value is -3.03. The van der Waals surface area contributed by atoms with Crippen LogP contribution in [0.25, 0.3) is 0 Å². The quantitative estimate of drug-likeness (QED) is 0.705. The third kappa shape index (κ3) is 4.98. The Labute approximate surface area is 151 Å². The highest BCUT2D eigenvalue weighted by Gasteiger charge is 2.20. The number of nitrogens with one attached hydrogen (secondary N) is 1. The van der Waals surface area contributed by atoms with Gasteiger partial charge in [0, 0.05) is 25.4 Å². The first-order valence-corrected chi connectivity index (χ1v) is 8.14. The van der Waals surface area contributed by atoms with Crippen molar-refractivity contribution in [2.45, 2.75) is 25.3 Å². The summed E-state index contributed by atoms with van der Waals surface area (Å²) in [6.45, 7) is 0. The summed E-state index contributed by atoms with van der Waals surface area (Å²) in [6.07, 6.45) is 2.20. The van der Waals surface area contributed by atoms with Crippen molar-refractivity contribution in [3.63, 3.8) is 0 Å². The van der Waals surface area contributed by atoms with Crippen LogP contribution >= 0.6 is 0 Å². The van der Waals surface area contributed by atoms with Gasteiger partial charge in [-0.1, -0.05) is 6.07 Å². The lowest BCUT2D eigenvalue weighted by Gasteiger charge is -2.19. The molecule has 1 atom stereocenters. The third-order valence-electron chi connectivity index (χ3n) is 4.05. The Bertz CT molecular complexity index is 772. The monoisotopic (exact) mass is 361 g/mol. The van der Waals surface area contributed by atoms with E-state index in [1.165, 1.54) is 14.2 Å². The number of aryl methyl sites for hydroxylation is 2. The molecule has 1 unspecified atom stereocenters. The van der Waals surface area contributed by atoms with Gasteiger partial charge in [-0.15, -0.1) is 0 Å². The summed E-state index contributed by atoms with van der Waals surface area (Å²) in [4.78, 5) is 23.5. The molecule has 0 aliphatic rings. The highest BCUT2D eigenvalue weighted by molar-refractivity contribution is 5.78. The van der Waals surface area contributed by atoms with Gasteiger partial charge in [0.2, 0.25) is 5.91 Å². The minimum absolute atomic E-state index is 0.229. The van der Waals surface area contributed by atoms with Crippen molar-refractivity contribution in [1.82, 2.24) is 15.1 Å². The molecule has 2 rings (SSSR count). The number of aliphatic carboxylic acids is 1. The number of rotatable bonds is 9. The first kappa shape index (κ1) is 19.3. The molecule has 1 aromatic carbocycles. The minimum atomic E-state index is -1.00. The number of carbonyl (C=O) groups is 2. The van der Waals surface area contributed by atoms with E-state index < -0.39 is 12.0 Å². The number of benzene rings is 1. The van der Waals surface area contributed by atoms with Gasteiger partial charge in [-0.05, 0) is 30.2 Å². The second-order valence-electron chi connectivity index (χ2n) is 5.78. The second-order valence-corrected chi connectivity index (χ2v) is 5.78. The maximum Gasteiger partial charge on any atom is 0.305 e. The zero-order valence-electron chi connectivity index (χ0n) is 15.1. The summed E-state index contributed by atoms with van der Waals surface area (Å²) in [5.41, 5.74) is 1.57. The molecule has 140 valence electrons. The van der Waals surface area contributed by atoms with Crippen molar-refractivity contribution in [2.75, 3.05) is 14.2 Å². The largest absolute Gasteiger partial charge is 0.493 e. The van der Waals surface area contributed by atoms with Crippen molar-refractivity contribution in [1.29, 1.82) is 0 Å². The van der Waals surface area contributed by atoms with Crippen LogP contribution in [0.4, 0.5) is 0 Å². The van der Waals surface area contributed by atoms with E-state index in [0.29, 0.717) is 23.5 Å². The van der Waals surface area contributed by atoms with Crippen LogP contribution in [0.2, 0.25) is 0 Å². The van der Waals surface area contributed by atoms with Gasteiger partial charge < -0.3 is 19.9 Å². The fourth-order valence-electron chi connectivity index (χ4n) is 2.65. The van der Waals surface area contributed by atoms with Crippen LogP contribution in [0.5, 0.6) is 11.5 Å². The zero-order valence-corrected chi connectivity index (χ0v) is 15.1. The van der Waals surface area contributed by atoms with Crippen LogP contribution in [0.1, 0.15) is 30.1 Å². The summed E-state index contributed by atoms with van der Waals surface area (Å²) in [7, 11) is 4.83. The molecule has 0 radical (unpaired) electrons. The van der Waals surface area contributed by atoms with Gasteiger partial charge in [-0.2, -0.15) is 5.10 Å². The lowest BCUT2D eigenvalue weighted by Crippen LogP contribution is -2.30. The molecule has 2 N–H and O–H groups in total. The van der Waals surface area contributed by atoms with Gasteiger partial charge in [0.25, 0.3) is 0 Å². The lowest BCUT2D eigenvalue weighted by atomic mass is 10.0. The van der Waals surface area contributed by atoms with Crippen molar-refractivity contribution in [3.05, 3.63) is 41.7 Å². The number of ether oxygens (including phenoxy) is 2. The maximum atomic E-state index is 12.3. The molecule has 2 aromatic rings. The first-order valence-electron chi connectivity index (χ1n) is 8.14. The summed E-state index contributed by atoms with van der Waals surface area (Å²) in [5, 5.41) is 16.0. The lowest BCUT2D eigenvalue weighted by molar-refractivity contribution is -0.137. The van der Waals surface area contributed by atoms with Crippen LogP contribution in [0, 0.1) is 0 Å². The number of hydrogen-bond donors (Lipinski definition) is 2. The third-order valence-corrected chi connectivity index (χ3v) is 4.05. The summed E-state index contributed by atoms with van der Waals surface area (Å²) < 4.78 is 12.1. The van der Waals surface area contributed by atoms with Gasteiger partial charge >= 0.3 is 5.97 Å². The number of carboxylic acids is 1. The summed E-state index contributed by atoms with van der Waals surface area (Å²) in [5.74, 6) is -0.221. The molecule has 26 heavy (non-hydrogen) atoms. The molecule has 0 spiro atoms. The van der Waals surface area contributed by atoms with Crippen LogP contribution in [0.15, 0.2) is 30.5 Å². The number of carboxylic acid groups (broad SMARTS) is 1. The Morgan fingerprint density at radius 3 is 2.54 bits per heavy atom. The van der Waals surface area contributed by atoms with Crippen molar-refractivity contribution >= 4 is 11.9 Å². The Balaban J connectivity index is 2.10. The normalized spacial score (nSPS) is 11.7. The van der Waals surface area contributed by atoms with Gasteiger partial charge in [-0.25, -0.2) is 0 Å². The topological polar surface area (TPSA) is 103 Å². The average molecular weight is 361 g/mol. The van der Waals surface area contributed by atoms with Gasteiger partial charge in [0.1, 0.15) is 0 Å². The number of nitrogens with zero attached hydrogens (tertiary/aromatic N) is 2. The standard InChI is InChI=1S/C18H23N3O5/c1-21-13(8-9-19-21)5-7-17(22)20-14(11-18(23)24)12-4-6-15(25-2)16(10-12)26-3/h4,6,8-10,14H,5,7,11H2,1-3H3,(H,20,22)(H,23,24). The van der Waals surface area contributed by atoms with Crippen LogP contribution in [-0.2, 0) is 23.1 Å². The molecule has 0 fully saturated rings. The molecule has 0 aliphatic carbocycles. The van der Waals surface area contributed by atoms with E-state index in [4.69, 9.17) is 9.47 Å². The van der Waals surface area contributed by atoms with Crippen LogP contribution < -0.4 is 14.8 Å². The summed E-state index contributed by atoms with van der Waals surface area (Å²) in [6, 6.07) is 6.26. The van der Waals surface area contributed by atoms with Crippen molar-refractivity contribution in [3.8, 4) is 11.5 Å². The molecular weight excluding hydrogens is 338 g/mol. The number of carbonyl (C=O) groups excluding carboxylic acids is 1. The Kier molecular flexibility index (Phi) is 6.60. The highest BCUT2D eigenvalue weighted by Crippen LogP contribution is 2.31. The summed E-state index contributed by atoms with van der Waals surface area (Å²) >= 11 is 0. The second kappa shape index (κ2) is 8.89. The Morgan fingerprint density at radius 1 is 1.23 bits per heavy atom. The van der Waals surface area contributed by atoms with E-state index in [1.54, 1.807) is 29.1 Å². The highest BCUT2D eigenvalue weighted by atomic mass is 16.5. The van der Waals surface area contributed by atoms with E-state index in [2.05, 4.69) is 10.4 Å². The first-order chi connectivity index (χ1) is 12.4. The maximum absolute atomic E-state index is 12.3. The van der Waals surface area contributed by atoms with Crippen LogP contribution in [0.3, 0.4) is 0 Å². The predicted molar refractivity (Wildman–Crippen MR) is 94.2 cm³/mol. The number of amides is 1. The van der Waals surface area contributed by atoms with Crippen LogP contribution in [-0.4, -0.2) is 41.0 Å². The van der Waals surface area contributed by atoms with E-state index >= 15 is 0 Å². The average Bonchev–Trinajstić information content (AvgIpc) is 3.03. The van der Waals surface area contributed by atoms with E-state index in [-0.39, 0.29) is 18.7 Å². The number of hydrogen-bond acceptors (Lipinski definition) is 5. The molecule has 0 saturated carbocycles. The molecule has 0 saturated heterocycles. The smallest absolute Gasteiger partial charge is 0.305 e. The molecule has 8 heteroatoms. The number of aromatic nitrogens is 2. The van der Waals surface area contributed by atoms with Crippen molar-refractivity contribution < 1.29 is 24.2 Å². The Morgan fingerprint density at radius 2 is 1.96 bits per heavy atom. The molecular formula is C18H23N3O5. The molecule has 1 aromatic heterocycles. The van der Waals surface area contributed by atoms with E-state index in [1.807, 2.05) is 13.1 Å². The fourth-order valence-corrected chi connectivity index (χ4v) is 2.65. The van der Waals surface area contributed by atoms with E-state index in [0.717, 1.165) is 5.69 Å². The van der Waals surface area contributed by atoms with E-state index in [9.17, 15) is 14.7 Å². The fraction of sp³-hybridized carbons (Fsp3) is 0.389. The molecule has 8 nitrogen and oxygen atoms in total. The number of methoxy groups -OCH3 is 2. The molecule has 1 amide bonds. The zero-order chi connectivity index (χ0) is 19.1. The van der Waals surface area contributed by atoms with Gasteiger partial charge in [0.15, 0.2) is 11.5 Å². The van der Waals surface area contributed by atoms with Gasteiger partial charge in [0.05, 0.1) is 26.7 Å².